The van der Waals surface area contributed by atoms with Crippen LogP contribution >= 0.6 is 0 Å². The zero-order valence-corrected chi connectivity index (χ0v) is 22.8. The van der Waals surface area contributed by atoms with E-state index in [9.17, 15) is 31.2 Å². The smallest absolute Gasteiger partial charge is 0.417 e. The van der Waals surface area contributed by atoms with Gasteiger partial charge in [-0.1, -0.05) is 72.8 Å². The molecule has 42 heavy (non-hydrogen) atoms. The van der Waals surface area contributed by atoms with E-state index < -0.39 is 39.7 Å². The minimum atomic E-state index is -4.58. The number of hydrogen-bond donors (Lipinski definition) is 2. The van der Waals surface area contributed by atoms with Crippen molar-refractivity contribution in [3.05, 3.63) is 119 Å². The number of anilines is 1. The number of carboxylic acid groups (broad SMARTS) is 1. The minimum absolute atomic E-state index is 0.0753. The summed E-state index contributed by atoms with van der Waals surface area (Å²) in [6.07, 6.45) is -4.58. The summed E-state index contributed by atoms with van der Waals surface area (Å²) in [6.45, 7) is 0.0974. The summed E-state index contributed by atoms with van der Waals surface area (Å²) in [5, 5.41) is 11.7. The molecule has 0 saturated heterocycles. The van der Waals surface area contributed by atoms with Gasteiger partial charge in [-0.3, -0.25) is 13.9 Å². The lowest BCUT2D eigenvalue weighted by Gasteiger charge is -2.26. The van der Waals surface area contributed by atoms with Crippen LogP contribution in [-0.2, 0) is 45.2 Å². The highest BCUT2D eigenvalue weighted by Gasteiger charge is 2.42. The number of carboxylic acids is 1. The van der Waals surface area contributed by atoms with Gasteiger partial charge in [0.15, 0.2) is 0 Å². The van der Waals surface area contributed by atoms with Crippen molar-refractivity contribution < 1.29 is 36.3 Å². The third-order valence-electron chi connectivity index (χ3n) is 7.03. The average molecular weight is 595 g/mol. The van der Waals surface area contributed by atoms with Crippen molar-refractivity contribution >= 4 is 27.6 Å². The maximum absolute atomic E-state index is 13.9. The zero-order chi connectivity index (χ0) is 30.1. The Balaban J connectivity index is 1.40. The summed E-state index contributed by atoms with van der Waals surface area (Å²) in [7, 11) is -4.29. The Kier molecular flexibility index (Phi) is 7.79. The molecule has 216 valence electrons. The number of sulfonamides is 1. The number of halogens is 3. The van der Waals surface area contributed by atoms with Gasteiger partial charge in [0.05, 0.1) is 22.6 Å². The van der Waals surface area contributed by atoms with Crippen LogP contribution in [0.15, 0.2) is 102 Å². The molecule has 1 heterocycles. The molecule has 0 aliphatic carbocycles. The Bertz CT molecular complexity index is 1740. The second-order valence-electron chi connectivity index (χ2n) is 9.82. The molecule has 0 saturated carbocycles. The molecule has 0 radical (unpaired) electrons. The first-order valence-corrected chi connectivity index (χ1v) is 14.4. The first-order chi connectivity index (χ1) is 19.9. The van der Waals surface area contributed by atoms with E-state index in [0.717, 1.165) is 10.4 Å². The molecule has 1 aliphatic rings. The highest BCUT2D eigenvalue weighted by molar-refractivity contribution is 7.93. The number of carbonyl (C=O) groups excluding carboxylic acids is 1. The predicted molar refractivity (Wildman–Crippen MR) is 150 cm³/mol. The number of benzene rings is 4. The van der Waals surface area contributed by atoms with Gasteiger partial charge in [0, 0.05) is 13.0 Å². The van der Waals surface area contributed by atoms with E-state index in [1.807, 2.05) is 0 Å². The molecule has 1 aliphatic heterocycles. The second kappa shape index (κ2) is 11.3. The maximum Gasteiger partial charge on any atom is 0.417 e. The van der Waals surface area contributed by atoms with Crippen LogP contribution in [0.3, 0.4) is 0 Å². The predicted octanol–water partition coefficient (Wildman–Crippen LogP) is 5.44. The Morgan fingerprint density at radius 3 is 2.14 bits per heavy atom. The summed E-state index contributed by atoms with van der Waals surface area (Å²) >= 11 is 0. The van der Waals surface area contributed by atoms with E-state index in [4.69, 9.17) is 5.11 Å². The number of rotatable bonds is 8. The van der Waals surface area contributed by atoms with E-state index in [2.05, 4.69) is 5.32 Å². The number of nitrogens with one attached hydrogen (secondary N) is 1. The standard InChI is InChI=1S/C31H25F3N2O5S/c32-31(33,34)26-7-3-2-6-25(26)22-13-15-24(16-14-22)42(40,41)36-27-8-4-1-5-23(27)18-28(36)30(39)35-19-21-11-9-20(10-12-21)17-29(37)38/h1-16,28H,17-19H2,(H,35,39)(H,37,38)/t28-/m0/s1. The molecule has 1 amide bonds. The lowest BCUT2D eigenvalue weighted by atomic mass is 9.99. The van der Waals surface area contributed by atoms with Gasteiger partial charge in [-0.25, -0.2) is 8.42 Å². The van der Waals surface area contributed by atoms with Crippen LogP contribution in [0.2, 0.25) is 0 Å². The highest BCUT2D eigenvalue weighted by atomic mass is 32.2. The number of carbonyl (C=O) groups is 2. The van der Waals surface area contributed by atoms with Gasteiger partial charge in [0.1, 0.15) is 6.04 Å². The van der Waals surface area contributed by atoms with Crippen molar-refractivity contribution in [2.75, 3.05) is 4.31 Å². The number of hydrogen-bond acceptors (Lipinski definition) is 4. The van der Waals surface area contributed by atoms with Gasteiger partial charge in [0.2, 0.25) is 5.91 Å². The monoisotopic (exact) mass is 594 g/mol. The van der Waals surface area contributed by atoms with Crippen LogP contribution in [0.4, 0.5) is 18.9 Å². The lowest BCUT2D eigenvalue weighted by Crippen LogP contribution is -2.47. The highest BCUT2D eigenvalue weighted by Crippen LogP contribution is 2.39. The molecule has 4 aromatic rings. The largest absolute Gasteiger partial charge is 0.481 e. The molecule has 2 N–H and O–H groups in total. The summed E-state index contributed by atoms with van der Waals surface area (Å²) in [4.78, 5) is 24.1. The van der Waals surface area contributed by atoms with E-state index in [1.165, 1.54) is 42.5 Å². The Hall–Kier alpha value is -4.64. The summed E-state index contributed by atoms with van der Waals surface area (Å²) < 4.78 is 69.5. The summed E-state index contributed by atoms with van der Waals surface area (Å²) in [5.41, 5.74) is 1.62. The normalized spacial score (nSPS) is 14.8. The van der Waals surface area contributed by atoms with Crippen molar-refractivity contribution in [2.24, 2.45) is 0 Å². The number of amides is 1. The van der Waals surface area contributed by atoms with Crippen molar-refractivity contribution in [1.29, 1.82) is 0 Å². The molecule has 4 aromatic carbocycles. The number of nitrogens with zero attached hydrogens (tertiary/aromatic N) is 1. The molecule has 0 aromatic heterocycles. The van der Waals surface area contributed by atoms with Gasteiger partial charge in [0.25, 0.3) is 10.0 Å². The van der Waals surface area contributed by atoms with Crippen LogP contribution in [0.1, 0.15) is 22.3 Å². The molecule has 7 nitrogen and oxygen atoms in total. The molecular formula is C31H25F3N2O5S. The van der Waals surface area contributed by atoms with E-state index in [1.54, 1.807) is 48.5 Å². The van der Waals surface area contributed by atoms with Crippen LogP contribution < -0.4 is 9.62 Å². The van der Waals surface area contributed by atoms with Gasteiger partial charge >= 0.3 is 12.1 Å². The quantitative estimate of drug-likeness (QED) is 0.283. The fourth-order valence-corrected chi connectivity index (χ4v) is 6.66. The number of alkyl halides is 3. The maximum atomic E-state index is 13.9. The average Bonchev–Trinajstić information content (AvgIpc) is 3.37. The van der Waals surface area contributed by atoms with Crippen LogP contribution in [-0.4, -0.2) is 31.4 Å². The van der Waals surface area contributed by atoms with Gasteiger partial charge in [-0.05, 0) is 52.1 Å². The molecule has 0 unspecified atom stereocenters. The molecule has 0 bridgehead atoms. The van der Waals surface area contributed by atoms with Gasteiger partial charge in [-0.2, -0.15) is 13.2 Å². The lowest BCUT2D eigenvalue weighted by molar-refractivity contribution is -0.137. The second-order valence-corrected chi connectivity index (χ2v) is 11.6. The third kappa shape index (κ3) is 5.87. The first kappa shape index (κ1) is 28.9. The van der Waals surface area contributed by atoms with Crippen molar-refractivity contribution in [2.45, 2.75) is 36.5 Å². The van der Waals surface area contributed by atoms with Crippen LogP contribution in [0.5, 0.6) is 0 Å². The third-order valence-corrected chi connectivity index (χ3v) is 8.86. The van der Waals surface area contributed by atoms with Crippen molar-refractivity contribution in [3.8, 4) is 11.1 Å². The van der Waals surface area contributed by atoms with Crippen LogP contribution in [0, 0.1) is 0 Å². The Labute approximate surface area is 240 Å². The molecule has 0 fully saturated rings. The van der Waals surface area contributed by atoms with Gasteiger partial charge < -0.3 is 10.4 Å². The molecule has 11 heteroatoms. The summed E-state index contributed by atoms with van der Waals surface area (Å²) in [6, 6.07) is 22.5. The number of para-hydroxylation sites is 1. The molecular weight excluding hydrogens is 569 g/mol. The first-order valence-electron chi connectivity index (χ1n) is 12.9. The minimum Gasteiger partial charge on any atom is -0.481 e. The van der Waals surface area contributed by atoms with E-state index in [0.29, 0.717) is 22.4 Å². The van der Waals surface area contributed by atoms with Crippen molar-refractivity contribution in [1.82, 2.24) is 5.32 Å². The van der Waals surface area contributed by atoms with E-state index in [-0.39, 0.29) is 35.4 Å². The summed E-state index contributed by atoms with van der Waals surface area (Å²) in [5.74, 6) is -1.49. The fourth-order valence-electron chi connectivity index (χ4n) is 5.01. The Morgan fingerprint density at radius 1 is 0.857 bits per heavy atom. The molecule has 5 rings (SSSR count). The van der Waals surface area contributed by atoms with Gasteiger partial charge in [-0.15, -0.1) is 0 Å². The zero-order valence-electron chi connectivity index (χ0n) is 22.0. The fraction of sp³-hybridized carbons (Fsp3) is 0.161. The van der Waals surface area contributed by atoms with Crippen molar-refractivity contribution in [3.63, 3.8) is 0 Å². The Morgan fingerprint density at radius 2 is 1.48 bits per heavy atom. The number of fused-ring (bicyclic) bond motifs is 1. The molecule has 0 spiro atoms. The van der Waals surface area contributed by atoms with Crippen LogP contribution in [0.25, 0.3) is 11.1 Å². The topological polar surface area (TPSA) is 104 Å². The number of aliphatic carboxylic acids is 1. The molecule has 1 atom stereocenters. The SMILES string of the molecule is O=C(O)Cc1ccc(CNC(=O)[C@@H]2Cc3ccccc3N2S(=O)(=O)c2ccc(-c3ccccc3C(F)(F)F)cc2)cc1. The van der Waals surface area contributed by atoms with E-state index >= 15 is 0 Å².